The van der Waals surface area contributed by atoms with Crippen LogP contribution in [-0.4, -0.2) is 56.2 Å². The minimum atomic E-state index is -0.569. The van der Waals surface area contributed by atoms with Crippen LogP contribution in [0.3, 0.4) is 0 Å². The van der Waals surface area contributed by atoms with Crippen molar-refractivity contribution in [2.75, 3.05) is 51.4 Å². The van der Waals surface area contributed by atoms with Crippen molar-refractivity contribution in [2.45, 2.75) is 0 Å². The minimum absolute atomic E-state index is 0.199. The first-order chi connectivity index (χ1) is 9.04. The summed E-state index contributed by atoms with van der Waals surface area (Å²) in [5, 5.41) is 3.09. The lowest BCUT2D eigenvalue weighted by Crippen LogP contribution is -2.28. The third kappa shape index (κ3) is 5.11. The zero-order valence-corrected chi connectivity index (χ0v) is 11.3. The molecule has 1 heterocycles. The van der Waals surface area contributed by atoms with Gasteiger partial charge >= 0.3 is 0 Å². The molecule has 0 aromatic carbocycles. The van der Waals surface area contributed by atoms with Crippen LogP contribution in [0, 0.1) is 0 Å². The Morgan fingerprint density at radius 1 is 1.47 bits per heavy atom. The largest absolute Gasteiger partial charge is 0.396 e. The molecule has 1 amide bonds. The van der Waals surface area contributed by atoms with Gasteiger partial charge in [-0.3, -0.25) is 4.79 Å². The van der Waals surface area contributed by atoms with E-state index in [9.17, 15) is 4.79 Å². The summed E-state index contributed by atoms with van der Waals surface area (Å²) in [6.07, 6.45) is 0. The molecule has 0 bridgehead atoms. The Balaban J connectivity index is 2.48. The maximum absolute atomic E-state index is 11.0. The van der Waals surface area contributed by atoms with Crippen molar-refractivity contribution in [2.24, 2.45) is 5.73 Å². The van der Waals surface area contributed by atoms with Crippen LogP contribution in [0.1, 0.15) is 10.5 Å². The number of primary amides is 1. The predicted octanol–water partition coefficient (Wildman–Crippen LogP) is -0.247. The van der Waals surface area contributed by atoms with Gasteiger partial charge in [-0.15, -0.1) is 0 Å². The van der Waals surface area contributed by atoms with Gasteiger partial charge < -0.3 is 26.4 Å². The number of nitrogens with one attached hydrogen (secondary N) is 1. The Morgan fingerprint density at radius 3 is 2.84 bits per heavy atom. The first-order valence-corrected chi connectivity index (χ1v) is 6.02. The number of aromatic nitrogens is 1. The van der Waals surface area contributed by atoms with Crippen molar-refractivity contribution in [3.8, 4) is 0 Å². The highest BCUT2D eigenvalue weighted by molar-refractivity contribution is 5.91. The van der Waals surface area contributed by atoms with Crippen molar-refractivity contribution >= 4 is 17.4 Å². The Morgan fingerprint density at radius 2 is 2.21 bits per heavy atom. The summed E-state index contributed by atoms with van der Waals surface area (Å²) in [4.78, 5) is 17.2. The Bertz CT molecular complexity index is 425. The molecule has 0 unspecified atom stereocenters. The van der Waals surface area contributed by atoms with Gasteiger partial charge in [0.15, 0.2) is 0 Å². The lowest BCUT2D eigenvalue weighted by Gasteiger charge is -2.17. The number of pyridine rings is 1. The number of hydrogen-bond donors (Lipinski definition) is 3. The van der Waals surface area contributed by atoms with Crippen molar-refractivity contribution in [3.63, 3.8) is 0 Å². The van der Waals surface area contributed by atoms with Crippen molar-refractivity contribution in [3.05, 3.63) is 17.8 Å². The van der Waals surface area contributed by atoms with Crippen LogP contribution in [0.2, 0.25) is 0 Å². The number of likely N-dealkylation sites (N-methyl/N-ethyl adjacent to an activating group) is 1. The summed E-state index contributed by atoms with van der Waals surface area (Å²) in [6, 6.07) is 3.12. The molecule has 1 rings (SSSR count). The van der Waals surface area contributed by atoms with E-state index in [0.29, 0.717) is 24.7 Å². The molecule has 7 heteroatoms. The highest BCUT2D eigenvalue weighted by Gasteiger charge is 2.07. The van der Waals surface area contributed by atoms with E-state index in [1.165, 1.54) is 6.07 Å². The van der Waals surface area contributed by atoms with Crippen LogP contribution in [0.5, 0.6) is 0 Å². The van der Waals surface area contributed by atoms with Crippen molar-refractivity contribution in [1.29, 1.82) is 0 Å². The molecule has 0 aliphatic carbocycles. The third-order valence-electron chi connectivity index (χ3n) is 2.64. The number of nitrogen functional groups attached to an aromatic ring is 1. The molecule has 7 nitrogen and oxygen atoms in total. The van der Waals surface area contributed by atoms with Crippen LogP contribution in [-0.2, 0) is 4.74 Å². The van der Waals surface area contributed by atoms with E-state index >= 15 is 0 Å². The molecule has 106 valence electrons. The van der Waals surface area contributed by atoms with E-state index in [0.717, 1.165) is 13.1 Å². The van der Waals surface area contributed by atoms with Gasteiger partial charge in [0.2, 0.25) is 0 Å². The second-order valence-electron chi connectivity index (χ2n) is 4.22. The van der Waals surface area contributed by atoms with Crippen LogP contribution < -0.4 is 16.8 Å². The topological polar surface area (TPSA) is 106 Å². The lowest BCUT2D eigenvalue weighted by molar-refractivity contribution is 0.0995. The number of nitrogens with zero attached hydrogens (tertiary/aromatic N) is 2. The predicted molar refractivity (Wildman–Crippen MR) is 75.0 cm³/mol. The monoisotopic (exact) mass is 267 g/mol. The number of ether oxygens (including phenoxy) is 1. The summed E-state index contributed by atoms with van der Waals surface area (Å²) >= 11 is 0. The van der Waals surface area contributed by atoms with Crippen molar-refractivity contribution in [1.82, 2.24) is 9.88 Å². The van der Waals surface area contributed by atoms with Gasteiger partial charge in [-0.2, -0.15) is 0 Å². The number of carbonyl (C=O) groups excluding carboxylic acids is 1. The zero-order valence-electron chi connectivity index (χ0n) is 11.3. The van der Waals surface area contributed by atoms with Gasteiger partial charge in [-0.25, -0.2) is 4.98 Å². The molecule has 19 heavy (non-hydrogen) atoms. The van der Waals surface area contributed by atoms with Gasteiger partial charge in [0.25, 0.3) is 5.91 Å². The van der Waals surface area contributed by atoms with Gasteiger partial charge in [0, 0.05) is 26.7 Å². The molecule has 0 aliphatic rings. The molecule has 0 fully saturated rings. The lowest BCUT2D eigenvalue weighted by atomic mass is 10.3. The van der Waals surface area contributed by atoms with Crippen molar-refractivity contribution < 1.29 is 9.53 Å². The quantitative estimate of drug-likeness (QED) is 0.600. The normalized spacial score (nSPS) is 10.7. The smallest absolute Gasteiger partial charge is 0.267 e. The Hall–Kier alpha value is -1.86. The maximum Gasteiger partial charge on any atom is 0.267 e. The molecule has 0 atom stereocenters. The second kappa shape index (κ2) is 7.55. The highest BCUT2D eigenvalue weighted by atomic mass is 16.5. The summed E-state index contributed by atoms with van der Waals surface area (Å²) < 4.78 is 4.99. The van der Waals surface area contributed by atoms with E-state index in [2.05, 4.69) is 15.2 Å². The number of rotatable bonds is 8. The first-order valence-electron chi connectivity index (χ1n) is 6.02. The number of methoxy groups -OCH3 is 1. The van der Waals surface area contributed by atoms with E-state index < -0.39 is 5.91 Å². The van der Waals surface area contributed by atoms with E-state index in [1.807, 2.05) is 7.05 Å². The van der Waals surface area contributed by atoms with Crippen LogP contribution >= 0.6 is 0 Å². The molecule has 0 saturated carbocycles. The van der Waals surface area contributed by atoms with Crippen LogP contribution in [0.15, 0.2) is 12.1 Å². The fraction of sp³-hybridized carbons (Fsp3) is 0.500. The molecule has 1 aromatic rings. The fourth-order valence-electron chi connectivity index (χ4n) is 1.47. The zero-order chi connectivity index (χ0) is 14.3. The van der Waals surface area contributed by atoms with Gasteiger partial charge in [-0.1, -0.05) is 0 Å². The fourth-order valence-corrected chi connectivity index (χ4v) is 1.47. The minimum Gasteiger partial charge on any atom is -0.396 e. The van der Waals surface area contributed by atoms with Gasteiger partial charge in [0.1, 0.15) is 11.5 Å². The van der Waals surface area contributed by atoms with E-state index in [4.69, 9.17) is 16.2 Å². The standard InChI is InChI=1S/C12H21N5O2/c1-17(7-8-19-2)6-5-15-12-9(13)3-4-10(16-12)11(14)18/h3-4H,5-8,13H2,1-2H3,(H2,14,18)(H,15,16). The summed E-state index contributed by atoms with van der Waals surface area (Å²) in [5.41, 5.74) is 11.6. The molecule has 0 spiro atoms. The first kappa shape index (κ1) is 15.2. The number of hydrogen-bond acceptors (Lipinski definition) is 6. The van der Waals surface area contributed by atoms with E-state index in [-0.39, 0.29) is 5.69 Å². The summed E-state index contributed by atoms with van der Waals surface area (Å²) in [7, 11) is 3.67. The number of amides is 1. The highest BCUT2D eigenvalue weighted by Crippen LogP contribution is 2.15. The molecule has 0 aliphatic heterocycles. The van der Waals surface area contributed by atoms with Crippen LogP contribution in [0.25, 0.3) is 0 Å². The summed E-state index contributed by atoms with van der Waals surface area (Å²) in [5.74, 6) is -0.0864. The average molecular weight is 267 g/mol. The molecular weight excluding hydrogens is 246 g/mol. The molecule has 0 saturated heterocycles. The van der Waals surface area contributed by atoms with E-state index in [1.54, 1.807) is 13.2 Å². The molecule has 5 N–H and O–H groups in total. The third-order valence-corrected chi connectivity index (χ3v) is 2.64. The SMILES string of the molecule is COCCN(C)CCNc1nc(C(N)=O)ccc1N. The van der Waals surface area contributed by atoms with Gasteiger partial charge in [-0.05, 0) is 19.2 Å². The second-order valence-corrected chi connectivity index (χ2v) is 4.22. The number of nitrogens with two attached hydrogens (primary N) is 2. The van der Waals surface area contributed by atoms with Crippen LogP contribution in [0.4, 0.5) is 11.5 Å². The molecule has 1 aromatic heterocycles. The Kier molecular flexibility index (Phi) is 6.04. The van der Waals surface area contributed by atoms with Gasteiger partial charge in [0.05, 0.1) is 12.3 Å². The maximum atomic E-state index is 11.0. The molecular formula is C12H21N5O2. The number of carbonyl (C=O) groups is 1. The average Bonchev–Trinajstić information content (AvgIpc) is 2.38. The Labute approximate surface area is 112 Å². The molecule has 0 radical (unpaired) electrons. The summed E-state index contributed by atoms with van der Waals surface area (Å²) in [6.45, 7) is 3.02. The number of anilines is 2.